The molecule has 36 heavy (non-hydrogen) atoms. The van der Waals surface area contributed by atoms with Crippen LogP contribution in [0.15, 0.2) is 86.8 Å². The summed E-state index contributed by atoms with van der Waals surface area (Å²) in [5.41, 5.74) is 2.33. The standard InChI is InChI=1S/C26H23ClN2O6S/c1-16-4-8-19(9-5-16)29-17(2)24(26(31)34-3)23(25(29)30)14-20-10-11-21(35-20)15-28-36(32,33)22-12-6-18(27)7-13-22/h4-14,28H,15H2,1-3H3/b23-14+. The Hall–Kier alpha value is -3.66. The van der Waals surface area contributed by atoms with E-state index in [0.29, 0.717) is 22.2 Å². The number of amides is 1. The van der Waals surface area contributed by atoms with Gasteiger partial charge in [-0.1, -0.05) is 29.3 Å². The second-order valence-electron chi connectivity index (χ2n) is 8.07. The molecular weight excluding hydrogens is 504 g/mol. The highest BCUT2D eigenvalue weighted by atomic mass is 35.5. The number of carbonyl (C=O) groups is 2. The third-order valence-corrected chi connectivity index (χ3v) is 7.28. The highest BCUT2D eigenvalue weighted by molar-refractivity contribution is 7.89. The van der Waals surface area contributed by atoms with Crippen molar-refractivity contribution in [1.29, 1.82) is 0 Å². The van der Waals surface area contributed by atoms with Crippen molar-refractivity contribution >= 4 is 45.3 Å². The predicted molar refractivity (Wildman–Crippen MR) is 136 cm³/mol. The van der Waals surface area contributed by atoms with Crippen molar-refractivity contribution in [2.75, 3.05) is 12.0 Å². The second-order valence-corrected chi connectivity index (χ2v) is 10.3. The van der Waals surface area contributed by atoms with Crippen LogP contribution in [0.2, 0.25) is 5.02 Å². The van der Waals surface area contributed by atoms with Gasteiger partial charge in [-0.15, -0.1) is 0 Å². The fourth-order valence-corrected chi connectivity index (χ4v) is 4.88. The molecule has 0 fully saturated rings. The van der Waals surface area contributed by atoms with E-state index in [1.54, 1.807) is 31.2 Å². The lowest BCUT2D eigenvalue weighted by atomic mass is 10.1. The van der Waals surface area contributed by atoms with Gasteiger partial charge in [0.2, 0.25) is 10.0 Å². The summed E-state index contributed by atoms with van der Waals surface area (Å²) in [6.45, 7) is 3.49. The fourth-order valence-electron chi connectivity index (χ4n) is 3.76. The number of halogens is 1. The number of methoxy groups -OCH3 is 1. The Kier molecular flexibility index (Phi) is 7.16. The lowest BCUT2D eigenvalue weighted by Gasteiger charge is -2.18. The number of ether oxygens (including phenoxy) is 1. The summed E-state index contributed by atoms with van der Waals surface area (Å²) in [4.78, 5) is 27.4. The van der Waals surface area contributed by atoms with Crippen LogP contribution in [0.4, 0.5) is 5.69 Å². The average Bonchev–Trinajstić information content (AvgIpc) is 3.40. The number of furan rings is 1. The van der Waals surface area contributed by atoms with Gasteiger partial charge < -0.3 is 9.15 Å². The van der Waals surface area contributed by atoms with Gasteiger partial charge in [0.15, 0.2) is 0 Å². The van der Waals surface area contributed by atoms with Crippen molar-refractivity contribution in [3.8, 4) is 0 Å². The molecule has 1 aliphatic heterocycles. The molecule has 0 bridgehead atoms. The number of benzene rings is 2. The van der Waals surface area contributed by atoms with Crippen molar-refractivity contribution in [2.45, 2.75) is 25.3 Å². The Balaban J connectivity index is 1.59. The second kappa shape index (κ2) is 10.1. The zero-order valence-corrected chi connectivity index (χ0v) is 21.3. The van der Waals surface area contributed by atoms with Crippen LogP contribution in [0.25, 0.3) is 6.08 Å². The Labute approximate surface area is 213 Å². The Morgan fingerprint density at radius 2 is 1.72 bits per heavy atom. The summed E-state index contributed by atoms with van der Waals surface area (Å²) in [6.07, 6.45) is 1.45. The van der Waals surface area contributed by atoms with Gasteiger partial charge >= 0.3 is 5.97 Å². The van der Waals surface area contributed by atoms with Gasteiger partial charge in [0, 0.05) is 16.4 Å². The lowest BCUT2D eigenvalue weighted by molar-refractivity contribution is -0.136. The molecule has 1 N–H and O–H groups in total. The molecule has 8 nitrogen and oxygen atoms in total. The van der Waals surface area contributed by atoms with E-state index in [4.69, 9.17) is 20.8 Å². The monoisotopic (exact) mass is 526 g/mol. The molecular formula is C26H23ClN2O6S. The van der Waals surface area contributed by atoms with Crippen molar-refractivity contribution < 1.29 is 27.2 Å². The number of hydrogen-bond acceptors (Lipinski definition) is 6. The SMILES string of the molecule is COC(=O)C1=C(C)N(c2ccc(C)cc2)C(=O)/C1=C/c1ccc(CNS(=O)(=O)c2ccc(Cl)cc2)o1. The number of esters is 1. The lowest BCUT2D eigenvalue weighted by Crippen LogP contribution is -2.24. The number of hydrogen-bond donors (Lipinski definition) is 1. The summed E-state index contributed by atoms with van der Waals surface area (Å²) < 4.78 is 38.1. The minimum absolute atomic E-state index is 0.0666. The van der Waals surface area contributed by atoms with E-state index in [-0.39, 0.29) is 28.3 Å². The van der Waals surface area contributed by atoms with Gasteiger partial charge in [-0.05, 0) is 68.5 Å². The molecule has 0 spiro atoms. The van der Waals surface area contributed by atoms with E-state index >= 15 is 0 Å². The van der Waals surface area contributed by atoms with Crippen LogP contribution in [-0.2, 0) is 30.9 Å². The summed E-state index contributed by atoms with van der Waals surface area (Å²) in [5.74, 6) is -0.457. The average molecular weight is 527 g/mol. The first-order valence-corrected chi connectivity index (χ1v) is 12.7. The topological polar surface area (TPSA) is 106 Å². The predicted octanol–water partition coefficient (Wildman–Crippen LogP) is 4.60. The van der Waals surface area contributed by atoms with Crippen LogP contribution in [0.5, 0.6) is 0 Å². The Morgan fingerprint density at radius 3 is 2.36 bits per heavy atom. The number of carbonyl (C=O) groups excluding carboxylic acids is 2. The Morgan fingerprint density at radius 1 is 1.06 bits per heavy atom. The van der Waals surface area contributed by atoms with Crippen LogP contribution in [0.1, 0.15) is 24.0 Å². The molecule has 2 heterocycles. The molecule has 2 aromatic carbocycles. The van der Waals surface area contributed by atoms with E-state index in [9.17, 15) is 18.0 Å². The quantitative estimate of drug-likeness (QED) is 0.356. The smallest absolute Gasteiger partial charge is 0.340 e. The van der Waals surface area contributed by atoms with Crippen LogP contribution < -0.4 is 9.62 Å². The van der Waals surface area contributed by atoms with Crippen molar-refractivity contribution in [1.82, 2.24) is 4.72 Å². The van der Waals surface area contributed by atoms with E-state index in [0.717, 1.165) is 5.56 Å². The number of rotatable bonds is 7. The first-order valence-electron chi connectivity index (χ1n) is 10.9. The molecule has 1 aliphatic rings. The maximum Gasteiger partial charge on any atom is 0.340 e. The zero-order valence-electron chi connectivity index (χ0n) is 19.7. The number of aryl methyl sites for hydroxylation is 1. The largest absolute Gasteiger partial charge is 0.465 e. The van der Waals surface area contributed by atoms with Crippen LogP contribution in [0.3, 0.4) is 0 Å². The minimum atomic E-state index is -3.78. The zero-order chi connectivity index (χ0) is 26.0. The van der Waals surface area contributed by atoms with Crippen molar-refractivity contribution in [3.63, 3.8) is 0 Å². The summed E-state index contributed by atoms with van der Waals surface area (Å²) in [5, 5.41) is 0.427. The van der Waals surface area contributed by atoms with Crippen LogP contribution in [-0.4, -0.2) is 27.4 Å². The number of anilines is 1. The molecule has 10 heteroatoms. The highest BCUT2D eigenvalue weighted by Gasteiger charge is 2.38. The normalized spacial score (nSPS) is 15.2. The van der Waals surface area contributed by atoms with Gasteiger partial charge in [-0.25, -0.2) is 17.9 Å². The molecule has 1 aromatic heterocycles. The molecule has 0 saturated heterocycles. The molecule has 0 atom stereocenters. The summed E-state index contributed by atoms with van der Waals surface area (Å²) >= 11 is 5.82. The number of allylic oxidation sites excluding steroid dienone is 1. The van der Waals surface area contributed by atoms with Gasteiger partial charge in [0.1, 0.15) is 11.5 Å². The maximum atomic E-state index is 13.3. The molecule has 4 rings (SSSR count). The number of nitrogens with one attached hydrogen (secondary N) is 1. The number of nitrogens with zero attached hydrogens (tertiary/aromatic N) is 1. The van der Waals surface area contributed by atoms with Crippen LogP contribution >= 0.6 is 11.6 Å². The molecule has 0 saturated carbocycles. The fraction of sp³-hybridized carbons (Fsp3) is 0.154. The number of sulfonamides is 1. The minimum Gasteiger partial charge on any atom is -0.465 e. The van der Waals surface area contributed by atoms with E-state index < -0.39 is 21.9 Å². The van der Waals surface area contributed by atoms with Crippen molar-refractivity contribution in [3.05, 3.63) is 99.6 Å². The van der Waals surface area contributed by atoms with E-state index in [1.165, 1.54) is 42.4 Å². The first kappa shape index (κ1) is 25.4. The molecule has 0 aliphatic carbocycles. The Bertz CT molecular complexity index is 1490. The van der Waals surface area contributed by atoms with Crippen LogP contribution in [0, 0.1) is 6.92 Å². The molecule has 0 radical (unpaired) electrons. The molecule has 186 valence electrons. The highest BCUT2D eigenvalue weighted by Crippen LogP contribution is 2.35. The molecule has 0 unspecified atom stereocenters. The van der Waals surface area contributed by atoms with Gasteiger partial charge in [-0.3, -0.25) is 9.69 Å². The molecule has 3 aromatic rings. The van der Waals surface area contributed by atoms with Gasteiger partial charge in [0.25, 0.3) is 5.91 Å². The first-order chi connectivity index (χ1) is 17.1. The molecule has 1 amide bonds. The van der Waals surface area contributed by atoms with Gasteiger partial charge in [0.05, 0.1) is 29.7 Å². The van der Waals surface area contributed by atoms with Crippen molar-refractivity contribution in [2.24, 2.45) is 0 Å². The summed E-state index contributed by atoms with van der Waals surface area (Å²) in [7, 11) is -2.54. The van der Waals surface area contributed by atoms with E-state index in [1.807, 2.05) is 19.1 Å². The summed E-state index contributed by atoms with van der Waals surface area (Å²) in [6, 6.07) is 16.3. The third-order valence-electron chi connectivity index (χ3n) is 5.61. The van der Waals surface area contributed by atoms with E-state index in [2.05, 4.69) is 4.72 Å². The van der Waals surface area contributed by atoms with Gasteiger partial charge in [-0.2, -0.15) is 0 Å². The third kappa shape index (κ3) is 5.13. The maximum absolute atomic E-state index is 13.3.